The van der Waals surface area contributed by atoms with Crippen molar-refractivity contribution in [3.05, 3.63) is 52.2 Å². The van der Waals surface area contributed by atoms with E-state index in [1.165, 1.54) is 22.3 Å². The summed E-state index contributed by atoms with van der Waals surface area (Å²) in [5.74, 6) is 1.56. The lowest BCUT2D eigenvalue weighted by Crippen LogP contribution is -2.29. The number of carbonyl (C=O) groups excluding carboxylic acids is 1. The average molecular weight is 450 g/mol. The predicted molar refractivity (Wildman–Crippen MR) is 131 cm³/mol. The van der Waals surface area contributed by atoms with Gasteiger partial charge in [0.25, 0.3) is 5.89 Å². The molecule has 7 heteroatoms. The van der Waals surface area contributed by atoms with E-state index in [-0.39, 0.29) is 5.91 Å². The number of carbonyl (C=O) groups is 1. The lowest BCUT2D eigenvalue weighted by molar-refractivity contribution is -0.121. The third-order valence-corrected chi connectivity index (χ3v) is 5.77. The maximum absolute atomic E-state index is 12.0. The van der Waals surface area contributed by atoms with E-state index < -0.39 is 0 Å². The topological polar surface area (TPSA) is 107 Å². The zero-order chi connectivity index (χ0) is 24.0. The molecule has 0 aliphatic carbocycles. The molecular weight excluding hydrogens is 414 g/mol. The molecule has 1 aromatic carbocycles. The Morgan fingerprint density at radius 1 is 1.15 bits per heavy atom. The number of rotatable bonds is 10. The van der Waals surface area contributed by atoms with E-state index in [1.807, 2.05) is 12.3 Å². The Bertz CT molecular complexity index is 1100. The quantitative estimate of drug-likeness (QED) is 0.481. The van der Waals surface area contributed by atoms with Crippen LogP contribution in [0.4, 0.5) is 0 Å². The second kappa shape index (κ2) is 11.2. The smallest absolute Gasteiger partial charge is 0.276 e. The minimum atomic E-state index is 0.0241. The van der Waals surface area contributed by atoms with Crippen LogP contribution in [-0.2, 0) is 24.1 Å². The van der Waals surface area contributed by atoms with E-state index in [9.17, 15) is 4.79 Å². The first-order valence-corrected chi connectivity index (χ1v) is 11.7. The molecule has 0 radical (unpaired) electrons. The molecule has 0 fully saturated rings. The highest BCUT2D eigenvalue weighted by Crippen LogP contribution is 2.27. The first kappa shape index (κ1) is 24.6. The molecular formula is C26H35N5O2. The predicted octanol–water partition coefficient (Wildman–Crippen LogP) is 4.18. The molecule has 0 unspecified atom stereocenters. The Labute approximate surface area is 196 Å². The summed E-state index contributed by atoms with van der Waals surface area (Å²) in [4.78, 5) is 21.2. The molecule has 3 rings (SSSR count). The molecule has 3 N–H and O–H groups in total. The van der Waals surface area contributed by atoms with Crippen LogP contribution in [0.5, 0.6) is 0 Å². The van der Waals surface area contributed by atoms with Gasteiger partial charge in [0.05, 0.1) is 0 Å². The number of nitrogens with zero attached hydrogens (tertiary/aromatic N) is 3. The summed E-state index contributed by atoms with van der Waals surface area (Å²) in [6.07, 6.45) is 4.89. The highest BCUT2D eigenvalue weighted by atomic mass is 16.5. The van der Waals surface area contributed by atoms with Gasteiger partial charge in [0.15, 0.2) is 0 Å². The number of aryl methyl sites for hydroxylation is 3. The Morgan fingerprint density at radius 2 is 1.94 bits per heavy atom. The van der Waals surface area contributed by atoms with E-state index in [4.69, 9.17) is 10.3 Å². The molecule has 0 bridgehead atoms. The third-order valence-electron chi connectivity index (χ3n) is 5.77. The minimum Gasteiger partial charge on any atom is -0.355 e. The van der Waals surface area contributed by atoms with Crippen LogP contribution >= 0.6 is 0 Å². The van der Waals surface area contributed by atoms with Gasteiger partial charge < -0.3 is 15.6 Å². The van der Waals surface area contributed by atoms with Crippen molar-refractivity contribution in [2.45, 2.75) is 60.3 Å². The fraction of sp³-hybridized carbons (Fsp3) is 0.462. The van der Waals surface area contributed by atoms with Crippen LogP contribution in [0.25, 0.3) is 23.0 Å². The monoisotopic (exact) mass is 449 g/mol. The SMILES string of the molecule is CCc1cc(-c2noc(-c3cc(C)c(CC(C)C)cn3)n2)cc(C)c1CCC(=O)NCCN. The zero-order valence-corrected chi connectivity index (χ0v) is 20.4. The molecule has 0 saturated heterocycles. The minimum absolute atomic E-state index is 0.0241. The molecule has 0 aliphatic rings. The maximum atomic E-state index is 12.0. The summed E-state index contributed by atoms with van der Waals surface area (Å²) in [5, 5.41) is 7.04. The van der Waals surface area contributed by atoms with Gasteiger partial charge in [-0.25, -0.2) is 0 Å². The molecule has 1 amide bonds. The van der Waals surface area contributed by atoms with Crippen LogP contribution in [0.1, 0.15) is 55.0 Å². The largest absolute Gasteiger partial charge is 0.355 e. The second-order valence-corrected chi connectivity index (χ2v) is 8.94. The molecule has 176 valence electrons. The summed E-state index contributed by atoms with van der Waals surface area (Å²) in [6, 6.07) is 6.17. The summed E-state index contributed by atoms with van der Waals surface area (Å²) in [7, 11) is 0. The van der Waals surface area contributed by atoms with Crippen molar-refractivity contribution in [3.8, 4) is 23.0 Å². The van der Waals surface area contributed by atoms with Gasteiger partial charge in [0.1, 0.15) is 5.69 Å². The van der Waals surface area contributed by atoms with Gasteiger partial charge in [-0.3, -0.25) is 9.78 Å². The van der Waals surface area contributed by atoms with Gasteiger partial charge in [-0.1, -0.05) is 25.9 Å². The molecule has 7 nitrogen and oxygen atoms in total. The summed E-state index contributed by atoms with van der Waals surface area (Å²) in [6.45, 7) is 11.6. The van der Waals surface area contributed by atoms with Crippen LogP contribution < -0.4 is 11.1 Å². The Hall–Kier alpha value is -3.06. The maximum Gasteiger partial charge on any atom is 0.276 e. The number of hydrogen-bond acceptors (Lipinski definition) is 6. The van der Waals surface area contributed by atoms with Crippen molar-refractivity contribution in [1.29, 1.82) is 0 Å². The van der Waals surface area contributed by atoms with Crippen molar-refractivity contribution in [2.24, 2.45) is 11.7 Å². The molecule has 0 spiro atoms. The van der Waals surface area contributed by atoms with Crippen molar-refractivity contribution in [1.82, 2.24) is 20.4 Å². The highest BCUT2D eigenvalue weighted by Gasteiger charge is 2.16. The molecule has 0 aliphatic heterocycles. The standard InChI is InChI=1S/C26H35N5O2/c1-6-19-14-20(12-18(5)22(19)7-8-24(32)28-10-9-27)25-30-26(33-31-25)23-13-17(4)21(15-29-23)11-16(2)3/h12-16H,6-11,27H2,1-5H3,(H,28,32). The molecule has 33 heavy (non-hydrogen) atoms. The van der Waals surface area contributed by atoms with Gasteiger partial charge >= 0.3 is 0 Å². The molecule has 2 heterocycles. The highest BCUT2D eigenvalue weighted by molar-refractivity contribution is 5.76. The zero-order valence-electron chi connectivity index (χ0n) is 20.4. The molecule has 2 aromatic heterocycles. The Morgan fingerprint density at radius 3 is 2.61 bits per heavy atom. The number of aromatic nitrogens is 3. The fourth-order valence-electron chi connectivity index (χ4n) is 4.03. The van der Waals surface area contributed by atoms with Crippen molar-refractivity contribution in [2.75, 3.05) is 13.1 Å². The average Bonchev–Trinajstić information content (AvgIpc) is 3.27. The van der Waals surface area contributed by atoms with Gasteiger partial charge in [-0.2, -0.15) is 4.98 Å². The first-order valence-electron chi connectivity index (χ1n) is 11.7. The van der Waals surface area contributed by atoms with Gasteiger partial charge in [-0.15, -0.1) is 0 Å². The number of nitrogens with one attached hydrogen (secondary N) is 1. The molecule has 0 saturated carbocycles. The van der Waals surface area contributed by atoms with E-state index in [2.05, 4.69) is 67.2 Å². The lowest BCUT2D eigenvalue weighted by Gasteiger charge is -2.13. The normalized spacial score (nSPS) is 11.2. The fourth-order valence-corrected chi connectivity index (χ4v) is 4.03. The Balaban J connectivity index is 1.81. The van der Waals surface area contributed by atoms with E-state index in [1.54, 1.807) is 0 Å². The van der Waals surface area contributed by atoms with E-state index >= 15 is 0 Å². The van der Waals surface area contributed by atoms with Crippen LogP contribution in [0, 0.1) is 19.8 Å². The molecule has 3 aromatic rings. The van der Waals surface area contributed by atoms with Crippen molar-refractivity contribution in [3.63, 3.8) is 0 Å². The van der Waals surface area contributed by atoms with Crippen LogP contribution in [0.2, 0.25) is 0 Å². The van der Waals surface area contributed by atoms with Crippen molar-refractivity contribution >= 4 is 5.91 Å². The summed E-state index contributed by atoms with van der Waals surface area (Å²) < 4.78 is 5.55. The first-order chi connectivity index (χ1) is 15.8. The van der Waals surface area contributed by atoms with Crippen LogP contribution in [-0.4, -0.2) is 34.1 Å². The number of benzene rings is 1. The van der Waals surface area contributed by atoms with E-state index in [0.717, 1.165) is 24.0 Å². The van der Waals surface area contributed by atoms with Gasteiger partial charge in [0, 0.05) is 31.3 Å². The number of nitrogens with two attached hydrogens (primary N) is 1. The van der Waals surface area contributed by atoms with Gasteiger partial charge in [0.2, 0.25) is 11.7 Å². The lowest BCUT2D eigenvalue weighted by atomic mass is 9.93. The third kappa shape index (κ3) is 6.26. The summed E-state index contributed by atoms with van der Waals surface area (Å²) >= 11 is 0. The van der Waals surface area contributed by atoms with Crippen LogP contribution in [0.3, 0.4) is 0 Å². The Kier molecular flexibility index (Phi) is 8.33. The van der Waals surface area contributed by atoms with Crippen LogP contribution in [0.15, 0.2) is 28.9 Å². The van der Waals surface area contributed by atoms with Gasteiger partial charge in [-0.05, 0) is 85.0 Å². The number of pyridine rings is 1. The number of hydrogen-bond donors (Lipinski definition) is 2. The van der Waals surface area contributed by atoms with Crippen molar-refractivity contribution < 1.29 is 9.32 Å². The summed E-state index contributed by atoms with van der Waals surface area (Å²) in [5.41, 5.74) is 13.0. The second-order valence-electron chi connectivity index (χ2n) is 8.94. The van der Waals surface area contributed by atoms with E-state index in [0.29, 0.717) is 49.3 Å². The number of amides is 1. The molecule has 0 atom stereocenters.